The molecule has 0 radical (unpaired) electrons. The second-order valence-corrected chi connectivity index (χ2v) is 6.58. The summed E-state index contributed by atoms with van der Waals surface area (Å²) in [4.78, 5) is 12.0. The number of benzene rings is 3. The van der Waals surface area contributed by atoms with Gasteiger partial charge in [-0.25, -0.2) is 0 Å². The Labute approximate surface area is 177 Å². The SMILES string of the molecule is Nc1ccccc1NC(=O)C=Cc1ccc(NCc2cccc(OC(F)(F)F)c2)cc1. The predicted octanol–water partition coefficient (Wildman–Crippen LogP) is 5.43. The maximum Gasteiger partial charge on any atom is 0.573 e. The van der Waals surface area contributed by atoms with Gasteiger partial charge < -0.3 is 21.1 Å². The molecule has 0 bridgehead atoms. The van der Waals surface area contributed by atoms with Crippen molar-refractivity contribution in [3.63, 3.8) is 0 Å². The fourth-order valence-corrected chi connectivity index (χ4v) is 2.73. The zero-order valence-electron chi connectivity index (χ0n) is 16.3. The first-order chi connectivity index (χ1) is 14.8. The summed E-state index contributed by atoms with van der Waals surface area (Å²) < 4.78 is 40.9. The van der Waals surface area contributed by atoms with E-state index >= 15 is 0 Å². The van der Waals surface area contributed by atoms with Crippen LogP contribution in [0, 0.1) is 0 Å². The van der Waals surface area contributed by atoms with Crippen LogP contribution in [0.4, 0.5) is 30.2 Å². The Morgan fingerprint density at radius 3 is 2.45 bits per heavy atom. The van der Waals surface area contributed by atoms with Crippen molar-refractivity contribution in [2.75, 3.05) is 16.4 Å². The van der Waals surface area contributed by atoms with E-state index in [1.165, 1.54) is 24.3 Å². The molecule has 4 N–H and O–H groups in total. The van der Waals surface area contributed by atoms with Crippen molar-refractivity contribution in [2.24, 2.45) is 0 Å². The maximum absolute atomic E-state index is 12.3. The third kappa shape index (κ3) is 7.11. The molecular weight excluding hydrogens is 407 g/mol. The number of nitrogens with one attached hydrogen (secondary N) is 2. The summed E-state index contributed by atoms with van der Waals surface area (Å²) in [6, 6.07) is 20.0. The highest BCUT2D eigenvalue weighted by Gasteiger charge is 2.31. The number of nitrogens with two attached hydrogens (primary N) is 1. The lowest BCUT2D eigenvalue weighted by molar-refractivity contribution is -0.274. The first-order valence-electron chi connectivity index (χ1n) is 9.31. The molecule has 0 saturated carbocycles. The van der Waals surface area contributed by atoms with E-state index in [2.05, 4.69) is 15.4 Å². The van der Waals surface area contributed by atoms with Crippen LogP contribution in [0.3, 0.4) is 0 Å². The van der Waals surface area contributed by atoms with Crippen LogP contribution in [0.2, 0.25) is 0 Å². The molecule has 8 heteroatoms. The Hall–Kier alpha value is -3.94. The molecule has 0 atom stereocenters. The van der Waals surface area contributed by atoms with Gasteiger partial charge in [-0.3, -0.25) is 4.79 Å². The number of amides is 1. The summed E-state index contributed by atoms with van der Waals surface area (Å²) >= 11 is 0. The van der Waals surface area contributed by atoms with E-state index in [9.17, 15) is 18.0 Å². The zero-order valence-corrected chi connectivity index (χ0v) is 16.3. The molecule has 0 aliphatic heterocycles. The van der Waals surface area contributed by atoms with Crippen molar-refractivity contribution in [3.05, 3.63) is 90.0 Å². The van der Waals surface area contributed by atoms with Gasteiger partial charge in [-0.1, -0.05) is 36.4 Å². The van der Waals surface area contributed by atoms with Gasteiger partial charge in [0.25, 0.3) is 0 Å². The quantitative estimate of drug-likeness (QED) is 0.347. The molecule has 0 spiro atoms. The van der Waals surface area contributed by atoms with E-state index in [0.29, 0.717) is 23.5 Å². The lowest BCUT2D eigenvalue weighted by atomic mass is 10.1. The summed E-state index contributed by atoms with van der Waals surface area (Å²) in [7, 11) is 0. The van der Waals surface area contributed by atoms with Gasteiger partial charge in [0.15, 0.2) is 0 Å². The van der Waals surface area contributed by atoms with Crippen molar-refractivity contribution in [1.29, 1.82) is 0 Å². The molecule has 0 heterocycles. The van der Waals surface area contributed by atoms with E-state index in [4.69, 9.17) is 5.73 Å². The Morgan fingerprint density at radius 2 is 1.74 bits per heavy atom. The molecular formula is C23H20F3N3O2. The van der Waals surface area contributed by atoms with Crippen molar-refractivity contribution < 1.29 is 22.7 Å². The van der Waals surface area contributed by atoms with Crippen LogP contribution in [-0.2, 0) is 11.3 Å². The van der Waals surface area contributed by atoms with E-state index in [1.54, 1.807) is 36.4 Å². The molecule has 0 unspecified atom stereocenters. The average Bonchev–Trinajstić information content (AvgIpc) is 2.72. The Kier molecular flexibility index (Phi) is 6.81. The minimum absolute atomic E-state index is 0.261. The summed E-state index contributed by atoms with van der Waals surface area (Å²) in [6.07, 6.45) is -1.66. The molecule has 0 aliphatic rings. The summed E-state index contributed by atoms with van der Waals surface area (Å²) in [5.41, 5.74) is 9.05. The van der Waals surface area contributed by atoms with E-state index < -0.39 is 6.36 Å². The number of carbonyl (C=O) groups excluding carboxylic acids is 1. The van der Waals surface area contributed by atoms with Gasteiger partial charge in [0.05, 0.1) is 11.4 Å². The van der Waals surface area contributed by atoms with Crippen LogP contribution in [-0.4, -0.2) is 12.3 Å². The highest BCUT2D eigenvalue weighted by atomic mass is 19.4. The second-order valence-electron chi connectivity index (χ2n) is 6.58. The Balaban J connectivity index is 1.53. The fraction of sp³-hybridized carbons (Fsp3) is 0.0870. The lowest BCUT2D eigenvalue weighted by Crippen LogP contribution is -2.17. The summed E-state index contributed by atoms with van der Waals surface area (Å²) in [5.74, 6) is -0.566. The first-order valence-corrected chi connectivity index (χ1v) is 9.31. The molecule has 0 fully saturated rings. The van der Waals surface area contributed by atoms with Crippen molar-refractivity contribution >= 4 is 29.0 Å². The molecule has 3 rings (SSSR count). The number of rotatable bonds is 7. The largest absolute Gasteiger partial charge is 0.573 e. The van der Waals surface area contributed by atoms with Crippen molar-refractivity contribution in [1.82, 2.24) is 0 Å². The second kappa shape index (κ2) is 9.71. The standard InChI is InChI=1S/C23H20F3N3O2/c24-23(25,26)31-19-5-3-4-17(14-19)15-28-18-11-8-16(9-12-18)10-13-22(30)29-21-7-2-1-6-20(21)27/h1-14,28H,15,27H2,(H,29,30). The van der Waals surface area contributed by atoms with Crippen LogP contribution in [0.15, 0.2) is 78.9 Å². The van der Waals surface area contributed by atoms with Gasteiger partial charge in [-0.2, -0.15) is 0 Å². The third-order valence-electron chi connectivity index (χ3n) is 4.19. The van der Waals surface area contributed by atoms with Gasteiger partial charge in [-0.05, 0) is 53.6 Å². The summed E-state index contributed by atoms with van der Waals surface area (Å²) in [5, 5.41) is 5.83. The fourth-order valence-electron chi connectivity index (χ4n) is 2.73. The molecule has 3 aromatic carbocycles. The van der Waals surface area contributed by atoms with Gasteiger partial charge in [0.2, 0.25) is 5.91 Å². The Bertz CT molecular complexity index is 1060. The number of halogens is 3. The topological polar surface area (TPSA) is 76.4 Å². The Morgan fingerprint density at radius 1 is 1.00 bits per heavy atom. The predicted molar refractivity (Wildman–Crippen MR) is 115 cm³/mol. The molecule has 0 saturated heterocycles. The number of alkyl halides is 3. The van der Waals surface area contributed by atoms with Crippen LogP contribution in [0.25, 0.3) is 6.08 Å². The number of hydrogen-bond acceptors (Lipinski definition) is 4. The van der Waals surface area contributed by atoms with Crippen LogP contribution in [0.1, 0.15) is 11.1 Å². The van der Waals surface area contributed by atoms with Crippen LogP contribution < -0.4 is 21.1 Å². The molecule has 0 aliphatic carbocycles. The summed E-state index contributed by atoms with van der Waals surface area (Å²) in [6.45, 7) is 0.325. The normalized spacial score (nSPS) is 11.3. The molecule has 0 aromatic heterocycles. The average molecular weight is 427 g/mol. The number of nitrogen functional groups attached to an aromatic ring is 1. The van der Waals surface area contributed by atoms with E-state index in [-0.39, 0.29) is 11.7 Å². The monoisotopic (exact) mass is 427 g/mol. The first kappa shape index (κ1) is 21.8. The number of anilines is 3. The minimum Gasteiger partial charge on any atom is -0.406 e. The molecule has 160 valence electrons. The van der Waals surface area contributed by atoms with E-state index in [1.807, 2.05) is 24.3 Å². The number of ether oxygens (including phenoxy) is 1. The van der Waals surface area contributed by atoms with Crippen LogP contribution >= 0.6 is 0 Å². The number of carbonyl (C=O) groups is 1. The highest BCUT2D eigenvalue weighted by Crippen LogP contribution is 2.24. The minimum atomic E-state index is -4.72. The van der Waals surface area contributed by atoms with Gasteiger partial charge in [0.1, 0.15) is 5.75 Å². The maximum atomic E-state index is 12.3. The van der Waals surface area contributed by atoms with Gasteiger partial charge in [-0.15, -0.1) is 13.2 Å². The molecule has 1 amide bonds. The molecule has 31 heavy (non-hydrogen) atoms. The van der Waals surface area contributed by atoms with Gasteiger partial charge >= 0.3 is 6.36 Å². The van der Waals surface area contributed by atoms with Crippen LogP contribution in [0.5, 0.6) is 5.75 Å². The molecule has 3 aromatic rings. The number of hydrogen-bond donors (Lipinski definition) is 3. The number of para-hydroxylation sites is 2. The lowest BCUT2D eigenvalue weighted by Gasteiger charge is -2.11. The highest BCUT2D eigenvalue weighted by molar-refractivity contribution is 6.03. The van der Waals surface area contributed by atoms with Crippen molar-refractivity contribution in [2.45, 2.75) is 12.9 Å². The zero-order chi connectivity index (χ0) is 22.3. The van der Waals surface area contributed by atoms with E-state index in [0.717, 1.165) is 11.3 Å². The smallest absolute Gasteiger partial charge is 0.406 e. The van der Waals surface area contributed by atoms with Gasteiger partial charge in [0, 0.05) is 18.3 Å². The third-order valence-corrected chi connectivity index (χ3v) is 4.19. The molecule has 5 nitrogen and oxygen atoms in total. The van der Waals surface area contributed by atoms with Crippen molar-refractivity contribution in [3.8, 4) is 5.75 Å².